The summed E-state index contributed by atoms with van der Waals surface area (Å²) in [6.07, 6.45) is 3.92. The molecule has 1 aliphatic carbocycles. The first kappa shape index (κ1) is 20.9. The van der Waals surface area contributed by atoms with Gasteiger partial charge < -0.3 is 20.4 Å². The van der Waals surface area contributed by atoms with Gasteiger partial charge in [-0.15, -0.1) is 0 Å². The highest BCUT2D eigenvalue weighted by molar-refractivity contribution is 5.74. The molecule has 1 atom stereocenters. The molecule has 2 aliphatic rings. The topological polar surface area (TPSA) is 47.6 Å². The summed E-state index contributed by atoms with van der Waals surface area (Å²) < 4.78 is 0. The van der Waals surface area contributed by atoms with E-state index in [0.29, 0.717) is 12.5 Å². The van der Waals surface area contributed by atoms with Crippen LogP contribution in [0.3, 0.4) is 0 Å². The van der Waals surface area contributed by atoms with E-state index in [0.717, 1.165) is 31.2 Å². The molecule has 5 heteroatoms. The highest BCUT2D eigenvalue weighted by Crippen LogP contribution is 2.31. The highest BCUT2D eigenvalue weighted by atomic mass is 16.2. The van der Waals surface area contributed by atoms with Gasteiger partial charge in [0.2, 0.25) is 0 Å². The van der Waals surface area contributed by atoms with Crippen molar-refractivity contribution < 1.29 is 4.79 Å². The summed E-state index contributed by atoms with van der Waals surface area (Å²) in [5.41, 5.74) is 4.78. The predicted octanol–water partition coefficient (Wildman–Crippen LogP) is 3.70. The van der Waals surface area contributed by atoms with Crippen LogP contribution in [0.5, 0.6) is 0 Å². The van der Waals surface area contributed by atoms with Crippen molar-refractivity contribution in [2.45, 2.75) is 38.4 Å². The molecule has 2 N–H and O–H groups in total. The minimum atomic E-state index is -0.0731. The van der Waals surface area contributed by atoms with Crippen molar-refractivity contribution in [3.05, 3.63) is 59.7 Å². The number of carbonyl (C=O) groups excluding carboxylic acids is 1. The van der Waals surface area contributed by atoms with E-state index < -0.39 is 0 Å². The second-order valence-electron chi connectivity index (χ2n) is 9.04. The Bertz CT molecular complexity index is 844. The molecule has 1 saturated carbocycles. The van der Waals surface area contributed by atoms with Gasteiger partial charge in [0.1, 0.15) is 0 Å². The number of rotatable bonds is 8. The smallest absolute Gasteiger partial charge is 0.315 e. The van der Waals surface area contributed by atoms with Crippen molar-refractivity contribution in [3.63, 3.8) is 0 Å². The second kappa shape index (κ2) is 9.63. The molecule has 0 spiro atoms. The van der Waals surface area contributed by atoms with Crippen LogP contribution < -0.4 is 10.6 Å². The maximum atomic E-state index is 12.4. The zero-order chi connectivity index (χ0) is 20.9. The molecular weight excluding hydrogens is 372 g/mol. The van der Waals surface area contributed by atoms with E-state index in [-0.39, 0.29) is 6.03 Å². The fraction of sp³-hybridized carbons (Fsp3) is 0.480. The van der Waals surface area contributed by atoms with Gasteiger partial charge in [-0.25, -0.2) is 4.79 Å². The monoisotopic (exact) mass is 406 g/mol. The molecule has 1 aliphatic heterocycles. The van der Waals surface area contributed by atoms with Crippen LogP contribution in [0.2, 0.25) is 0 Å². The fourth-order valence-electron chi connectivity index (χ4n) is 4.39. The Kier molecular flexibility index (Phi) is 6.70. The Morgan fingerprint density at radius 2 is 1.80 bits per heavy atom. The SMILES string of the molecule is CN(C)Cc1ccc(-c2ccccc2CNC(=O)NCC2CCN(C3CC3)C2)cc1. The van der Waals surface area contributed by atoms with E-state index >= 15 is 0 Å². The van der Waals surface area contributed by atoms with Crippen molar-refractivity contribution in [2.24, 2.45) is 5.92 Å². The summed E-state index contributed by atoms with van der Waals surface area (Å²) in [5, 5.41) is 6.12. The van der Waals surface area contributed by atoms with Gasteiger partial charge in [0.05, 0.1) is 0 Å². The van der Waals surface area contributed by atoms with Gasteiger partial charge >= 0.3 is 6.03 Å². The highest BCUT2D eigenvalue weighted by Gasteiger charge is 2.34. The van der Waals surface area contributed by atoms with Crippen molar-refractivity contribution in [3.8, 4) is 11.1 Å². The summed E-state index contributed by atoms with van der Waals surface area (Å²) in [6.45, 7) is 4.56. The lowest BCUT2D eigenvalue weighted by atomic mass is 9.98. The summed E-state index contributed by atoms with van der Waals surface area (Å²) in [7, 11) is 4.16. The largest absolute Gasteiger partial charge is 0.338 e. The van der Waals surface area contributed by atoms with E-state index in [1.807, 2.05) is 6.07 Å². The third-order valence-electron chi connectivity index (χ3n) is 6.15. The molecule has 160 valence electrons. The first-order valence-corrected chi connectivity index (χ1v) is 11.2. The van der Waals surface area contributed by atoms with E-state index in [9.17, 15) is 4.79 Å². The molecule has 1 unspecified atom stereocenters. The summed E-state index contributed by atoms with van der Waals surface area (Å²) in [5.74, 6) is 0.587. The first-order valence-electron chi connectivity index (χ1n) is 11.2. The van der Waals surface area contributed by atoms with Crippen molar-refractivity contribution >= 4 is 6.03 Å². The van der Waals surface area contributed by atoms with Gasteiger partial charge in [-0.05, 0) is 68.1 Å². The van der Waals surface area contributed by atoms with Crippen molar-refractivity contribution in [1.29, 1.82) is 0 Å². The minimum absolute atomic E-state index is 0.0731. The van der Waals surface area contributed by atoms with Gasteiger partial charge in [0.15, 0.2) is 0 Å². The third kappa shape index (κ3) is 5.61. The standard InChI is InChI=1S/C25H34N4O/c1-28(2)17-19-7-9-21(10-8-19)24-6-4-3-5-22(24)16-27-25(30)26-15-20-13-14-29(18-20)23-11-12-23/h3-10,20,23H,11-18H2,1-2H3,(H2,26,27,30). The van der Waals surface area contributed by atoms with Gasteiger partial charge in [0, 0.05) is 32.2 Å². The number of benzene rings is 2. The molecule has 1 saturated heterocycles. The van der Waals surface area contributed by atoms with Gasteiger partial charge in [0.25, 0.3) is 0 Å². The van der Waals surface area contributed by atoms with Crippen LogP contribution in [0.15, 0.2) is 48.5 Å². The molecule has 1 heterocycles. The Balaban J connectivity index is 1.29. The zero-order valence-electron chi connectivity index (χ0n) is 18.2. The zero-order valence-corrected chi connectivity index (χ0v) is 18.2. The molecule has 0 bridgehead atoms. The lowest BCUT2D eigenvalue weighted by molar-refractivity contribution is 0.238. The second-order valence-corrected chi connectivity index (χ2v) is 9.04. The molecule has 2 aromatic rings. The van der Waals surface area contributed by atoms with Crippen molar-refractivity contribution in [1.82, 2.24) is 20.4 Å². The van der Waals surface area contributed by atoms with Crippen molar-refractivity contribution in [2.75, 3.05) is 33.7 Å². The molecule has 2 aromatic carbocycles. The Labute approximate surface area is 180 Å². The average molecular weight is 407 g/mol. The van der Waals surface area contributed by atoms with Crippen LogP contribution >= 0.6 is 0 Å². The molecule has 0 radical (unpaired) electrons. The van der Waals surface area contributed by atoms with E-state index in [2.05, 4.69) is 77.0 Å². The quantitative estimate of drug-likeness (QED) is 0.703. The maximum Gasteiger partial charge on any atom is 0.315 e. The predicted molar refractivity (Wildman–Crippen MR) is 122 cm³/mol. The normalized spacial score (nSPS) is 19.2. The number of likely N-dealkylation sites (tertiary alicyclic amines) is 1. The Morgan fingerprint density at radius 1 is 1.03 bits per heavy atom. The minimum Gasteiger partial charge on any atom is -0.338 e. The van der Waals surface area contributed by atoms with E-state index in [4.69, 9.17) is 0 Å². The number of nitrogens with one attached hydrogen (secondary N) is 2. The third-order valence-corrected chi connectivity index (χ3v) is 6.15. The molecule has 4 rings (SSSR count). The summed E-state index contributed by atoms with van der Waals surface area (Å²) in [4.78, 5) is 17.1. The number of nitrogens with zero attached hydrogens (tertiary/aromatic N) is 2. The van der Waals surface area contributed by atoms with E-state index in [1.54, 1.807) is 0 Å². The summed E-state index contributed by atoms with van der Waals surface area (Å²) >= 11 is 0. The average Bonchev–Trinajstić information content (AvgIpc) is 3.49. The fourth-order valence-corrected chi connectivity index (χ4v) is 4.39. The number of urea groups is 1. The lowest BCUT2D eigenvalue weighted by Gasteiger charge is -2.16. The molecule has 2 amide bonds. The molecule has 2 fully saturated rings. The Morgan fingerprint density at radius 3 is 2.53 bits per heavy atom. The number of amides is 2. The van der Waals surface area contributed by atoms with Crippen LogP contribution in [-0.2, 0) is 13.1 Å². The molecule has 0 aromatic heterocycles. The number of hydrogen-bond acceptors (Lipinski definition) is 3. The van der Waals surface area contributed by atoms with E-state index in [1.165, 1.54) is 42.5 Å². The lowest BCUT2D eigenvalue weighted by Crippen LogP contribution is -2.38. The number of carbonyl (C=O) groups is 1. The van der Waals surface area contributed by atoms with Gasteiger partial charge in [-0.3, -0.25) is 0 Å². The van der Waals surface area contributed by atoms with Crippen LogP contribution in [-0.4, -0.2) is 55.6 Å². The molecule has 5 nitrogen and oxygen atoms in total. The maximum absolute atomic E-state index is 12.4. The van der Waals surface area contributed by atoms with Crippen LogP contribution in [0.1, 0.15) is 30.4 Å². The van der Waals surface area contributed by atoms with Gasteiger partial charge in [-0.2, -0.15) is 0 Å². The first-order chi connectivity index (χ1) is 14.6. The van der Waals surface area contributed by atoms with Crippen LogP contribution in [0.4, 0.5) is 4.79 Å². The number of hydrogen-bond donors (Lipinski definition) is 2. The molecule has 30 heavy (non-hydrogen) atoms. The summed E-state index contributed by atoms with van der Waals surface area (Å²) in [6, 6.07) is 17.8. The Hall–Kier alpha value is -2.37. The molecular formula is C25H34N4O. The van der Waals surface area contributed by atoms with Gasteiger partial charge in [-0.1, -0.05) is 48.5 Å². The van der Waals surface area contributed by atoms with Crippen LogP contribution in [0, 0.1) is 5.92 Å². The van der Waals surface area contributed by atoms with Crippen LogP contribution in [0.25, 0.3) is 11.1 Å².